The molecule has 13 heavy (non-hydrogen) atoms. The zero-order valence-corrected chi connectivity index (χ0v) is 9.34. The summed E-state index contributed by atoms with van der Waals surface area (Å²) in [6.07, 6.45) is 8.85. The summed E-state index contributed by atoms with van der Waals surface area (Å²) in [5, 5.41) is 9.68. The Hall–Kier alpha value is -0.300. The molecular weight excluding hydrogens is 160 g/mol. The Labute approximate surface area is 82.9 Å². The lowest BCUT2D eigenvalue weighted by atomic mass is 10.0. The first-order valence-corrected chi connectivity index (χ1v) is 5.57. The maximum atomic E-state index is 9.68. The van der Waals surface area contributed by atoms with Gasteiger partial charge < -0.3 is 5.11 Å². The Balaban J connectivity index is 3.49. The van der Waals surface area contributed by atoms with Gasteiger partial charge in [-0.1, -0.05) is 45.6 Å². The molecule has 0 saturated carbocycles. The largest absolute Gasteiger partial charge is 0.389 e. The fraction of sp³-hybridized carbons (Fsp3) is 0.833. The molecular formula is C12H24O. The van der Waals surface area contributed by atoms with Crippen LogP contribution in [0.4, 0.5) is 0 Å². The highest BCUT2D eigenvalue weighted by Gasteiger charge is 2.04. The zero-order valence-electron chi connectivity index (χ0n) is 9.34. The summed E-state index contributed by atoms with van der Waals surface area (Å²) >= 11 is 0. The molecule has 0 aliphatic carbocycles. The molecule has 0 aromatic carbocycles. The van der Waals surface area contributed by atoms with Gasteiger partial charge in [0.05, 0.1) is 6.10 Å². The lowest BCUT2D eigenvalue weighted by Gasteiger charge is -2.10. The van der Waals surface area contributed by atoms with Crippen LogP contribution >= 0.6 is 0 Å². The van der Waals surface area contributed by atoms with Gasteiger partial charge in [0.2, 0.25) is 0 Å². The molecule has 78 valence electrons. The van der Waals surface area contributed by atoms with Crippen LogP contribution in [0.3, 0.4) is 0 Å². The number of allylic oxidation sites excluding steroid dienone is 1. The van der Waals surface area contributed by atoms with Crippen LogP contribution in [0.1, 0.15) is 59.3 Å². The van der Waals surface area contributed by atoms with Gasteiger partial charge in [0.1, 0.15) is 0 Å². The molecule has 0 radical (unpaired) electrons. The van der Waals surface area contributed by atoms with Crippen molar-refractivity contribution in [2.75, 3.05) is 0 Å². The summed E-state index contributed by atoms with van der Waals surface area (Å²) in [5.41, 5.74) is 1.14. The van der Waals surface area contributed by atoms with E-state index in [1.165, 1.54) is 19.3 Å². The molecule has 0 bridgehead atoms. The molecule has 1 unspecified atom stereocenters. The molecule has 1 atom stereocenters. The fourth-order valence-corrected chi connectivity index (χ4v) is 1.45. The minimum Gasteiger partial charge on any atom is -0.389 e. The van der Waals surface area contributed by atoms with E-state index in [0.29, 0.717) is 0 Å². The predicted molar refractivity (Wildman–Crippen MR) is 58.8 cm³/mol. The summed E-state index contributed by atoms with van der Waals surface area (Å²) in [6.45, 7) is 6.33. The van der Waals surface area contributed by atoms with Gasteiger partial charge in [0.25, 0.3) is 0 Å². The van der Waals surface area contributed by atoms with E-state index in [2.05, 4.69) is 19.9 Å². The minimum atomic E-state index is -0.197. The van der Waals surface area contributed by atoms with E-state index in [-0.39, 0.29) is 6.10 Å². The lowest BCUT2D eigenvalue weighted by Crippen LogP contribution is -2.07. The Bertz CT molecular complexity index is 138. The molecule has 0 aliphatic rings. The van der Waals surface area contributed by atoms with Crippen molar-refractivity contribution in [3.05, 3.63) is 11.6 Å². The first-order chi connectivity index (χ1) is 6.22. The van der Waals surface area contributed by atoms with Crippen molar-refractivity contribution < 1.29 is 5.11 Å². The van der Waals surface area contributed by atoms with Crippen molar-refractivity contribution in [2.24, 2.45) is 0 Å². The van der Waals surface area contributed by atoms with E-state index < -0.39 is 0 Å². The highest BCUT2D eigenvalue weighted by Crippen LogP contribution is 2.11. The molecule has 0 amide bonds. The first-order valence-electron chi connectivity index (χ1n) is 5.57. The van der Waals surface area contributed by atoms with Crippen molar-refractivity contribution in [2.45, 2.75) is 65.4 Å². The predicted octanol–water partition coefficient (Wildman–Crippen LogP) is 3.67. The molecule has 1 N–H and O–H groups in total. The van der Waals surface area contributed by atoms with Crippen LogP contribution < -0.4 is 0 Å². The number of aliphatic hydroxyl groups is 1. The van der Waals surface area contributed by atoms with Crippen LogP contribution in [0.25, 0.3) is 0 Å². The van der Waals surface area contributed by atoms with Crippen molar-refractivity contribution in [1.82, 2.24) is 0 Å². The zero-order chi connectivity index (χ0) is 10.1. The van der Waals surface area contributed by atoms with Crippen LogP contribution in [0.15, 0.2) is 11.6 Å². The number of hydrogen-bond donors (Lipinski definition) is 1. The van der Waals surface area contributed by atoms with Gasteiger partial charge in [-0.15, -0.1) is 0 Å². The Morgan fingerprint density at radius 1 is 1.23 bits per heavy atom. The summed E-state index contributed by atoms with van der Waals surface area (Å²) in [5.74, 6) is 0. The molecule has 1 heteroatoms. The summed E-state index contributed by atoms with van der Waals surface area (Å²) in [4.78, 5) is 0. The van der Waals surface area contributed by atoms with E-state index in [4.69, 9.17) is 0 Å². The van der Waals surface area contributed by atoms with Gasteiger partial charge in [-0.3, -0.25) is 0 Å². The van der Waals surface area contributed by atoms with E-state index in [1.54, 1.807) is 0 Å². The smallest absolute Gasteiger partial charge is 0.0747 e. The Morgan fingerprint density at radius 3 is 2.46 bits per heavy atom. The average Bonchev–Trinajstić information content (AvgIpc) is 2.12. The Morgan fingerprint density at radius 2 is 1.92 bits per heavy atom. The third kappa shape index (κ3) is 6.83. The highest BCUT2D eigenvalue weighted by molar-refractivity contribution is 5.03. The molecule has 0 fully saturated rings. The van der Waals surface area contributed by atoms with Crippen LogP contribution in [-0.2, 0) is 0 Å². The van der Waals surface area contributed by atoms with E-state index in [9.17, 15) is 5.11 Å². The second-order valence-corrected chi connectivity index (χ2v) is 3.72. The third-order valence-corrected chi connectivity index (χ3v) is 2.38. The summed E-state index contributed by atoms with van der Waals surface area (Å²) < 4.78 is 0. The number of rotatable bonds is 7. The van der Waals surface area contributed by atoms with Gasteiger partial charge in [0.15, 0.2) is 0 Å². The summed E-state index contributed by atoms with van der Waals surface area (Å²) in [6, 6.07) is 0. The van der Waals surface area contributed by atoms with Gasteiger partial charge in [-0.25, -0.2) is 0 Å². The van der Waals surface area contributed by atoms with Gasteiger partial charge in [-0.2, -0.15) is 0 Å². The molecule has 0 aromatic rings. The molecule has 0 spiro atoms. The lowest BCUT2D eigenvalue weighted by molar-refractivity contribution is 0.195. The van der Waals surface area contributed by atoms with Gasteiger partial charge in [-0.05, 0) is 25.3 Å². The number of hydrogen-bond acceptors (Lipinski definition) is 1. The molecule has 0 aromatic heterocycles. The van der Waals surface area contributed by atoms with E-state index in [1.807, 2.05) is 6.92 Å². The maximum absolute atomic E-state index is 9.68. The van der Waals surface area contributed by atoms with Gasteiger partial charge >= 0.3 is 0 Å². The van der Waals surface area contributed by atoms with Crippen LogP contribution in [0.5, 0.6) is 0 Å². The topological polar surface area (TPSA) is 20.2 Å². The number of aliphatic hydroxyl groups excluding tert-OH is 1. The average molecular weight is 184 g/mol. The maximum Gasteiger partial charge on any atom is 0.0747 e. The van der Waals surface area contributed by atoms with Crippen LogP contribution in [-0.4, -0.2) is 11.2 Å². The molecule has 0 saturated heterocycles. The first kappa shape index (κ1) is 12.7. The second kappa shape index (κ2) is 8.31. The minimum absolute atomic E-state index is 0.197. The third-order valence-electron chi connectivity index (χ3n) is 2.38. The second-order valence-electron chi connectivity index (χ2n) is 3.72. The Kier molecular flexibility index (Phi) is 8.11. The molecule has 0 heterocycles. The standard InChI is InChI=1S/C12H24O/c1-4-6-7-8-10-12(13)11(3)9-5-2/h9,12-13H,4-8,10H2,1-3H3/b11-9+. The van der Waals surface area contributed by atoms with Crippen molar-refractivity contribution in [1.29, 1.82) is 0 Å². The molecule has 0 rings (SSSR count). The highest BCUT2D eigenvalue weighted by atomic mass is 16.3. The SMILES string of the molecule is CC/C=C(\C)C(O)CCCCCC. The van der Waals surface area contributed by atoms with Gasteiger partial charge in [0, 0.05) is 0 Å². The molecule has 0 aliphatic heterocycles. The van der Waals surface area contributed by atoms with E-state index in [0.717, 1.165) is 24.8 Å². The molecule has 1 nitrogen and oxygen atoms in total. The van der Waals surface area contributed by atoms with Crippen LogP contribution in [0.2, 0.25) is 0 Å². The summed E-state index contributed by atoms with van der Waals surface area (Å²) in [7, 11) is 0. The van der Waals surface area contributed by atoms with E-state index >= 15 is 0 Å². The quantitative estimate of drug-likeness (QED) is 0.473. The van der Waals surface area contributed by atoms with Crippen molar-refractivity contribution in [3.8, 4) is 0 Å². The van der Waals surface area contributed by atoms with Crippen molar-refractivity contribution in [3.63, 3.8) is 0 Å². The monoisotopic (exact) mass is 184 g/mol. The van der Waals surface area contributed by atoms with Crippen molar-refractivity contribution >= 4 is 0 Å². The number of unbranched alkanes of at least 4 members (excludes halogenated alkanes) is 3. The fourth-order valence-electron chi connectivity index (χ4n) is 1.45. The normalized spacial score (nSPS) is 14.6. The van der Waals surface area contributed by atoms with Crippen LogP contribution in [0, 0.1) is 0 Å².